The van der Waals surface area contributed by atoms with Crippen LogP contribution < -0.4 is 10.1 Å². The minimum atomic E-state index is -0.733. The van der Waals surface area contributed by atoms with Gasteiger partial charge in [-0.15, -0.1) is 0 Å². The fraction of sp³-hybridized carbons (Fsp3) is 0.500. The van der Waals surface area contributed by atoms with Crippen LogP contribution in [0.15, 0.2) is 18.2 Å². The van der Waals surface area contributed by atoms with E-state index in [1.165, 1.54) is 6.07 Å². The van der Waals surface area contributed by atoms with E-state index in [0.717, 1.165) is 18.4 Å². The molecule has 1 N–H and O–H groups in total. The number of benzene rings is 1. The zero-order valence-corrected chi connectivity index (χ0v) is 10.6. The van der Waals surface area contributed by atoms with Gasteiger partial charge in [-0.2, -0.15) is 0 Å². The molecule has 100 valence electrons. The molecule has 1 saturated heterocycles. The first-order chi connectivity index (χ1) is 9.08. The van der Waals surface area contributed by atoms with Gasteiger partial charge in [0.15, 0.2) is 17.3 Å². The number of hydrogen-bond acceptors (Lipinski definition) is 2. The molecule has 1 saturated carbocycles. The lowest BCUT2D eigenvalue weighted by molar-refractivity contribution is -0.0900. The highest BCUT2D eigenvalue weighted by Crippen LogP contribution is 2.48. The Morgan fingerprint density at radius 3 is 3.00 bits per heavy atom. The van der Waals surface area contributed by atoms with E-state index in [4.69, 9.17) is 4.74 Å². The van der Waals surface area contributed by atoms with Crippen molar-refractivity contribution in [2.75, 3.05) is 0 Å². The fourth-order valence-electron chi connectivity index (χ4n) is 3.25. The van der Waals surface area contributed by atoms with E-state index in [9.17, 15) is 9.18 Å². The molecule has 1 aliphatic carbocycles. The van der Waals surface area contributed by atoms with Gasteiger partial charge in [0.2, 0.25) is 0 Å². The lowest BCUT2D eigenvalue weighted by atomic mass is 9.90. The third kappa shape index (κ3) is 1.47. The third-order valence-electron chi connectivity index (χ3n) is 4.22. The van der Waals surface area contributed by atoms with Crippen LogP contribution in [-0.4, -0.2) is 22.7 Å². The molecule has 19 heavy (non-hydrogen) atoms. The molecule has 5 heteroatoms. The van der Waals surface area contributed by atoms with Crippen molar-refractivity contribution in [2.24, 2.45) is 0 Å². The number of carbonyl (C=O) groups excluding carboxylic acids is 1. The van der Waals surface area contributed by atoms with Crippen LogP contribution in [0.5, 0.6) is 5.75 Å². The number of urea groups is 1. The molecular formula is C14H15FN2O2. The van der Waals surface area contributed by atoms with E-state index >= 15 is 0 Å². The molecule has 2 amide bonds. The molecule has 4 nitrogen and oxygen atoms in total. The maximum Gasteiger partial charge on any atom is 0.321 e. The van der Waals surface area contributed by atoms with Crippen molar-refractivity contribution in [3.05, 3.63) is 29.6 Å². The summed E-state index contributed by atoms with van der Waals surface area (Å²) in [7, 11) is 0. The van der Waals surface area contributed by atoms with Gasteiger partial charge in [-0.3, -0.25) is 4.90 Å². The van der Waals surface area contributed by atoms with Gasteiger partial charge in [-0.05, 0) is 25.8 Å². The number of amides is 2. The van der Waals surface area contributed by atoms with Gasteiger partial charge in [-0.25, -0.2) is 9.18 Å². The van der Waals surface area contributed by atoms with Crippen LogP contribution in [0.4, 0.5) is 9.18 Å². The lowest BCUT2D eigenvalue weighted by Crippen LogP contribution is -2.65. The molecule has 1 aromatic rings. The Labute approximate surface area is 110 Å². The van der Waals surface area contributed by atoms with E-state index in [1.54, 1.807) is 11.0 Å². The average molecular weight is 262 g/mol. The highest BCUT2D eigenvalue weighted by atomic mass is 19.1. The van der Waals surface area contributed by atoms with Crippen molar-refractivity contribution in [3.8, 4) is 5.75 Å². The molecule has 4 rings (SSSR count). The van der Waals surface area contributed by atoms with Crippen LogP contribution in [0.3, 0.4) is 0 Å². The van der Waals surface area contributed by atoms with Crippen LogP contribution in [0.2, 0.25) is 0 Å². The van der Waals surface area contributed by atoms with Crippen LogP contribution in [0, 0.1) is 5.82 Å². The number of fused-ring (bicyclic) bond motifs is 4. The molecule has 0 radical (unpaired) electrons. The van der Waals surface area contributed by atoms with Crippen LogP contribution in [0.25, 0.3) is 0 Å². The highest BCUT2D eigenvalue weighted by molar-refractivity contribution is 5.78. The maximum atomic E-state index is 13.9. The Kier molecular flexibility index (Phi) is 1.99. The molecule has 2 fully saturated rings. The monoisotopic (exact) mass is 262 g/mol. The quantitative estimate of drug-likeness (QED) is 0.845. The second kappa shape index (κ2) is 3.40. The Hall–Kier alpha value is -1.78. The summed E-state index contributed by atoms with van der Waals surface area (Å²) in [6, 6.07) is 4.84. The number of para-hydroxylation sites is 1. The summed E-state index contributed by atoms with van der Waals surface area (Å²) in [4.78, 5) is 14.0. The zero-order chi connectivity index (χ0) is 13.2. The van der Waals surface area contributed by atoms with Gasteiger partial charge < -0.3 is 10.1 Å². The average Bonchev–Trinajstić information content (AvgIpc) is 3.14. The number of halogens is 1. The normalized spacial score (nSPS) is 32.4. The summed E-state index contributed by atoms with van der Waals surface area (Å²) in [5.74, 6) is -0.0766. The second-order valence-corrected chi connectivity index (χ2v) is 5.74. The van der Waals surface area contributed by atoms with Crippen molar-refractivity contribution in [1.82, 2.24) is 10.2 Å². The van der Waals surface area contributed by atoms with Crippen molar-refractivity contribution in [1.29, 1.82) is 0 Å². The van der Waals surface area contributed by atoms with Crippen LogP contribution in [-0.2, 0) is 0 Å². The van der Waals surface area contributed by atoms with Gasteiger partial charge in [0.25, 0.3) is 0 Å². The van der Waals surface area contributed by atoms with Crippen molar-refractivity contribution >= 4 is 6.03 Å². The molecule has 2 bridgehead atoms. The van der Waals surface area contributed by atoms with Crippen molar-refractivity contribution < 1.29 is 13.9 Å². The first-order valence-electron chi connectivity index (χ1n) is 6.66. The Bertz CT molecular complexity index is 573. The maximum absolute atomic E-state index is 13.9. The summed E-state index contributed by atoms with van der Waals surface area (Å²) in [5.41, 5.74) is 0.00451. The second-order valence-electron chi connectivity index (χ2n) is 5.74. The van der Waals surface area contributed by atoms with E-state index in [2.05, 4.69) is 5.32 Å². The number of ether oxygens (including phenoxy) is 1. The topological polar surface area (TPSA) is 41.6 Å². The minimum absolute atomic E-state index is 0.101. The summed E-state index contributed by atoms with van der Waals surface area (Å²) in [6.45, 7) is 1.88. The van der Waals surface area contributed by atoms with E-state index in [1.807, 2.05) is 13.0 Å². The standard InChI is InChI=1S/C14H15FN2O2/c1-14-7-11(16-13(18)17(14)8-5-6-8)9-3-2-4-10(15)12(9)19-14/h2-4,8,11H,5-7H2,1H3,(H,16,18). The molecule has 2 atom stereocenters. The first-order valence-corrected chi connectivity index (χ1v) is 6.66. The number of hydrogen-bond donors (Lipinski definition) is 1. The Morgan fingerprint density at radius 2 is 2.26 bits per heavy atom. The molecule has 0 aromatic heterocycles. The molecule has 3 aliphatic rings. The smallest absolute Gasteiger partial charge is 0.321 e. The molecular weight excluding hydrogens is 247 g/mol. The largest absolute Gasteiger partial charge is 0.465 e. The Balaban J connectivity index is 1.83. The molecule has 0 spiro atoms. The fourth-order valence-corrected chi connectivity index (χ4v) is 3.25. The van der Waals surface area contributed by atoms with E-state index in [-0.39, 0.29) is 29.7 Å². The van der Waals surface area contributed by atoms with Gasteiger partial charge in [0.05, 0.1) is 6.04 Å². The Morgan fingerprint density at radius 1 is 1.47 bits per heavy atom. The SMILES string of the molecule is CC12CC(NC(=O)N1C1CC1)c1cccc(F)c1O2. The van der Waals surface area contributed by atoms with Crippen molar-refractivity contribution in [3.63, 3.8) is 0 Å². The predicted octanol–water partition coefficient (Wildman–Crippen LogP) is 2.55. The van der Waals surface area contributed by atoms with Gasteiger partial charge in [0, 0.05) is 18.0 Å². The zero-order valence-electron chi connectivity index (χ0n) is 10.6. The molecule has 2 heterocycles. The van der Waals surface area contributed by atoms with E-state index < -0.39 is 5.72 Å². The summed E-state index contributed by atoms with van der Waals surface area (Å²) < 4.78 is 19.8. The number of rotatable bonds is 1. The molecule has 2 unspecified atom stereocenters. The number of nitrogens with zero attached hydrogens (tertiary/aromatic N) is 1. The highest BCUT2D eigenvalue weighted by Gasteiger charge is 2.54. The minimum Gasteiger partial charge on any atom is -0.465 e. The lowest BCUT2D eigenvalue weighted by Gasteiger charge is -2.51. The van der Waals surface area contributed by atoms with Crippen LogP contribution >= 0.6 is 0 Å². The molecule has 2 aliphatic heterocycles. The van der Waals surface area contributed by atoms with Crippen molar-refractivity contribution in [2.45, 2.75) is 44.0 Å². The summed E-state index contributed by atoms with van der Waals surface area (Å²) in [6.07, 6.45) is 2.66. The number of carbonyl (C=O) groups is 1. The number of nitrogens with one attached hydrogen (secondary N) is 1. The molecule has 1 aromatic carbocycles. The van der Waals surface area contributed by atoms with Gasteiger partial charge in [-0.1, -0.05) is 12.1 Å². The van der Waals surface area contributed by atoms with Gasteiger partial charge >= 0.3 is 6.03 Å². The van der Waals surface area contributed by atoms with Gasteiger partial charge in [0.1, 0.15) is 0 Å². The first kappa shape index (κ1) is 11.1. The summed E-state index contributed by atoms with van der Waals surface area (Å²) in [5, 5.41) is 2.97. The van der Waals surface area contributed by atoms with Crippen LogP contribution in [0.1, 0.15) is 37.8 Å². The third-order valence-corrected chi connectivity index (χ3v) is 4.22. The summed E-state index contributed by atoms with van der Waals surface area (Å²) >= 11 is 0. The predicted molar refractivity (Wildman–Crippen MR) is 66.2 cm³/mol. The van der Waals surface area contributed by atoms with E-state index in [0.29, 0.717) is 6.42 Å².